The largest absolute Gasteiger partial charge is 1.00 e. The fourth-order valence-corrected chi connectivity index (χ4v) is 10.5. The summed E-state index contributed by atoms with van der Waals surface area (Å²) in [5.41, 5.74) is 0.485. The van der Waals surface area contributed by atoms with E-state index in [-0.39, 0.29) is 99.1 Å². The zero-order valence-electron chi connectivity index (χ0n) is 32.3. The number of carbonyl (C=O) groups is 3. The number of rotatable bonds is 13. The normalized spacial score (nSPS) is 21.0. The molecule has 4 heterocycles. The van der Waals surface area contributed by atoms with Crippen molar-refractivity contribution in [2.75, 3.05) is 35.2 Å². The molecule has 0 bridgehead atoms. The Hall–Kier alpha value is -3.02. The quantitative estimate of drug-likeness (QED) is 0.0808. The van der Waals surface area contributed by atoms with Crippen LogP contribution in [0, 0.1) is 0 Å². The first-order valence-corrected chi connectivity index (χ1v) is 22.9. The molecule has 0 aromatic heterocycles. The average molecular weight is 865 g/mol. The van der Waals surface area contributed by atoms with Crippen LogP contribution in [-0.2, 0) is 49.6 Å². The van der Waals surface area contributed by atoms with Crippen molar-refractivity contribution in [2.45, 2.75) is 95.6 Å². The second kappa shape index (κ2) is 16.2. The maximum atomic E-state index is 12.6. The average Bonchev–Trinajstić information content (AvgIpc) is 3.35. The first-order valence-electron chi connectivity index (χ1n) is 18.0. The Labute approximate surface area is 352 Å². The van der Waals surface area contributed by atoms with E-state index >= 15 is 0 Å². The van der Waals surface area contributed by atoms with Gasteiger partial charge in [0.1, 0.15) is 17.6 Å². The van der Waals surface area contributed by atoms with Crippen LogP contribution in [0.4, 0.5) is 11.4 Å². The number of hydrogen-bond donors (Lipinski definition) is 3. The zero-order valence-corrected chi connectivity index (χ0v) is 36.7. The molecule has 1 saturated heterocycles. The summed E-state index contributed by atoms with van der Waals surface area (Å²) in [4.78, 5) is 48.2. The van der Waals surface area contributed by atoms with E-state index < -0.39 is 88.3 Å². The monoisotopic (exact) mass is 864 g/mol. The number of carbonyl (C=O) groups excluding carboxylic acids is 3. The molecule has 57 heavy (non-hydrogen) atoms. The molecule has 18 nitrogen and oxygen atoms in total. The molecule has 3 N–H and O–H groups in total. The third-order valence-corrected chi connectivity index (χ3v) is 13.1. The number of anilines is 1. The maximum Gasteiger partial charge on any atom is 1.00 e. The van der Waals surface area contributed by atoms with Crippen LogP contribution in [0.1, 0.15) is 95.6 Å². The van der Waals surface area contributed by atoms with Crippen molar-refractivity contribution in [3.8, 4) is 11.5 Å². The molecule has 4 aliphatic rings. The van der Waals surface area contributed by atoms with Gasteiger partial charge in [-0.1, -0.05) is 0 Å². The molecule has 0 saturated carbocycles. The van der Waals surface area contributed by atoms with Crippen LogP contribution in [0.25, 0.3) is 0 Å². The molecule has 0 radical (unpaired) electrons. The van der Waals surface area contributed by atoms with Crippen molar-refractivity contribution < 1.29 is 92.4 Å². The van der Waals surface area contributed by atoms with E-state index in [4.69, 9.17) is 14.6 Å². The Kier molecular flexibility index (Phi) is 12.8. The van der Waals surface area contributed by atoms with E-state index in [1.807, 2.05) is 37.2 Å². The summed E-state index contributed by atoms with van der Waals surface area (Å²) in [6, 6.07) is 6.70. The minimum atomic E-state index is -4.44. The molecule has 2 unspecified atom stereocenters. The molecule has 2 aromatic rings. The van der Waals surface area contributed by atoms with Crippen molar-refractivity contribution >= 4 is 59.5 Å². The van der Waals surface area contributed by atoms with Crippen molar-refractivity contribution in [1.82, 2.24) is 9.64 Å². The Balaban J connectivity index is 0.00000620. The van der Waals surface area contributed by atoms with E-state index in [2.05, 4.69) is 0 Å². The number of nitrogens with zero attached hydrogens (tertiary/aromatic N) is 4. The summed E-state index contributed by atoms with van der Waals surface area (Å²) in [6.45, 7) is 7.93. The Morgan fingerprint density at radius 1 is 0.860 bits per heavy atom. The molecule has 2 atom stereocenters. The molecule has 2 aromatic carbocycles. The van der Waals surface area contributed by atoms with Crippen molar-refractivity contribution in [3.63, 3.8) is 0 Å². The second-order valence-electron chi connectivity index (χ2n) is 16.0. The first kappa shape index (κ1) is 45.1. The zero-order chi connectivity index (χ0) is 41.2. The number of hydrogen-bond acceptors (Lipinski definition) is 13. The van der Waals surface area contributed by atoms with E-state index in [1.54, 1.807) is 24.3 Å². The molecular formula is C35H45N4NaO14S3+2. The Morgan fingerprint density at radius 3 is 2.07 bits per heavy atom. The summed E-state index contributed by atoms with van der Waals surface area (Å²) in [5, 5.41) is 1.37. The number of imide groups is 1. The first-order chi connectivity index (χ1) is 25.8. The third kappa shape index (κ3) is 10.4. The summed E-state index contributed by atoms with van der Waals surface area (Å²) in [7, 11) is -13.1. The molecule has 0 aliphatic carbocycles. The minimum absolute atomic E-state index is 0. The van der Waals surface area contributed by atoms with Gasteiger partial charge in [-0.25, -0.2) is 14.4 Å². The van der Waals surface area contributed by atoms with E-state index in [0.29, 0.717) is 38.3 Å². The van der Waals surface area contributed by atoms with Gasteiger partial charge in [0.2, 0.25) is 5.36 Å². The van der Waals surface area contributed by atoms with Gasteiger partial charge in [-0.3, -0.25) is 23.2 Å². The summed E-state index contributed by atoms with van der Waals surface area (Å²) >= 11 is 0. The topological polar surface area (TPSA) is 255 Å². The fraction of sp³-hybridized carbons (Fsp3) is 0.571. The van der Waals surface area contributed by atoms with Crippen molar-refractivity contribution in [3.05, 3.63) is 46.1 Å². The van der Waals surface area contributed by atoms with Crippen LogP contribution in [-0.4, -0.2) is 103 Å². The summed E-state index contributed by atoms with van der Waals surface area (Å²) in [5.74, 6) is -4.40. The van der Waals surface area contributed by atoms with Gasteiger partial charge in [-0.2, -0.15) is 25.3 Å². The predicted octanol–water partition coefficient (Wildman–Crippen LogP) is -0.982. The summed E-state index contributed by atoms with van der Waals surface area (Å²) in [6.07, 6.45) is 0.622. The predicted molar refractivity (Wildman–Crippen MR) is 200 cm³/mol. The maximum absolute atomic E-state index is 12.6. The molecule has 4 aliphatic heterocycles. The molecule has 2 amide bonds. The van der Waals surface area contributed by atoms with E-state index in [0.717, 1.165) is 0 Å². The molecule has 6 rings (SSSR count). The molecule has 0 spiro atoms. The van der Waals surface area contributed by atoms with E-state index in [9.17, 15) is 53.3 Å². The number of hydroxylamine groups is 2. The minimum Gasteiger partial charge on any atom is -0.452 e. The second-order valence-corrected chi connectivity index (χ2v) is 20.6. The van der Waals surface area contributed by atoms with Crippen LogP contribution < -0.4 is 54.5 Å². The van der Waals surface area contributed by atoms with Crippen LogP contribution in [0.3, 0.4) is 0 Å². The van der Waals surface area contributed by atoms with Crippen molar-refractivity contribution in [1.29, 1.82) is 0 Å². The van der Waals surface area contributed by atoms with Gasteiger partial charge in [-0.15, -0.1) is 5.06 Å². The van der Waals surface area contributed by atoms with Crippen LogP contribution >= 0.6 is 0 Å². The van der Waals surface area contributed by atoms with Gasteiger partial charge in [-0.05, 0) is 58.2 Å². The number of ether oxygens (including phenoxy) is 1. The molecule has 22 heteroatoms. The smallest absolute Gasteiger partial charge is 0.452 e. The standard InChI is InChI=1S/C35H44N4O14S3.Na/c1-34(2)17-21(19-55(46,47)48)23-13-25-29(15-27(23)37(34)10-5-7-33(42)53-39-31(40)8-9-32(39)41)52-30-16-28-24(14-26(30)36-25)22(20-56(49,50)51)18-35(3,4)38(28)11-6-12-54(43,44)45;/h13-16,21-22H,5-12,17-20H2,1-4H3,(H2-,43,44,45,46,47,48,49,50,51);/q;+1/p+1. The molecule has 306 valence electrons. The van der Waals surface area contributed by atoms with Gasteiger partial charge in [0.05, 0.1) is 29.7 Å². The fourth-order valence-electron chi connectivity index (χ4n) is 8.40. The number of amides is 2. The third-order valence-electron chi connectivity index (χ3n) is 10.7. The van der Waals surface area contributed by atoms with Crippen LogP contribution in [0.5, 0.6) is 11.5 Å². The van der Waals surface area contributed by atoms with Gasteiger partial charge >= 0.3 is 35.5 Å². The Morgan fingerprint density at radius 2 is 1.47 bits per heavy atom. The number of fused-ring (bicyclic) bond motifs is 4. The Bertz CT molecular complexity index is 2460. The molecule has 1 fully saturated rings. The van der Waals surface area contributed by atoms with Crippen LogP contribution in [0.15, 0.2) is 29.3 Å². The van der Waals surface area contributed by atoms with Gasteiger partial charge in [0.15, 0.2) is 17.0 Å². The SMILES string of the molecule is CC1(C)CC(CS(=O)(=O)O)c2cc3c(cc2N1CCCS(=O)(=O)O)Oc1cc2c(cc1=N3)C(CS(=O)(=O)O)CC(C)(C)[N+]=2CCCC(=O)ON1C(=O)CCC1=O.[Na+]. The van der Waals surface area contributed by atoms with Crippen molar-refractivity contribution in [2.24, 2.45) is 4.99 Å². The number of benzene rings is 2. The van der Waals surface area contributed by atoms with Gasteiger partial charge in [0, 0.05) is 66.9 Å². The van der Waals surface area contributed by atoms with E-state index in [1.165, 1.54) is 0 Å². The van der Waals surface area contributed by atoms with Gasteiger partial charge < -0.3 is 14.5 Å². The van der Waals surface area contributed by atoms with Crippen LogP contribution in [0.2, 0.25) is 0 Å². The van der Waals surface area contributed by atoms with Gasteiger partial charge in [0.25, 0.3) is 42.2 Å². The molecular weight excluding hydrogens is 820 g/mol. The summed E-state index contributed by atoms with van der Waals surface area (Å²) < 4.78 is 109.